The first kappa shape index (κ1) is 9.81. The van der Waals surface area contributed by atoms with Gasteiger partial charge in [0.05, 0.1) is 12.1 Å². The molecule has 0 heterocycles. The summed E-state index contributed by atoms with van der Waals surface area (Å²) >= 11 is 0. The van der Waals surface area contributed by atoms with Crippen molar-refractivity contribution in [1.29, 1.82) is 16.2 Å². The van der Waals surface area contributed by atoms with Crippen LogP contribution in [0.25, 0.3) is 0 Å². The SMILES string of the molecule is CC(=N)C(=N)N(C=N)C(C)C. The van der Waals surface area contributed by atoms with E-state index in [0.29, 0.717) is 0 Å². The summed E-state index contributed by atoms with van der Waals surface area (Å²) in [5, 5.41) is 21.5. The molecule has 0 rings (SSSR count). The van der Waals surface area contributed by atoms with Crippen LogP contribution in [0.4, 0.5) is 0 Å². The molecule has 11 heavy (non-hydrogen) atoms. The number of rotatable bonds is 3. The average molecular weight is 154 g/mol. The standard InChI is InChI=1S/C7H14N4/c1-5(2)11(4-8)7(10)6(3)9/h4-5,8-10H,1-3H3. The molecule has 4 nitrogen and oxygen atoms in total. The summed E-state index contributed by atoms with van der Waals surface area (Å²) in [6, 6.07) is 0.0697. The Labute approximate surface area is 66.7 Å². The maximum Gasteiger partial charge on any atom is 0.147 e. The van der Waals surface area contributed by atoms with E-state index in [0.717, 1.165) is 6.34 Å². The summed E-state index contributed by atoms with van der Waals surface area (Å²) in [5.74, 6) is 0.0926. The van der Waals surface area contributed by atoms with Gasteiger partial charge in [0.2, 0.25) is 0 Å². The molecule has 0 bridgehead atoms. The Morgan fingerprint density at radius 2 is 1.82 bits per heavy atom. The molecule has 0 fully saturated rings. The number of hydrogen-bond acceptors (Lipinski definition) is 3. The molecule has 0 aliphatic carbocycles. The van der Waals surface area contributed by atoms with Crippen molar-refractivity contribution in [3.8, 4) is 0 Å². The summed E-state index contributed by atoms with van der Waals surface area (Å²) in [6.07, 6.45) is 1.07. The van der Waals surface area contributed by atoms with E-state index in [4.69, 9.17) is 16.2 Å². The van der Waals surface area contributed by atoms with E-state index in [1.807, 2.05) is 13.8 Å². The second-order valence-electron chi connectivity index (χ2n) is 2.60. The topological polar surface area (TPSA) is 74.8 Å². The smallest absolute Gasteiger partial charge is 0.147 e. The number of nitrogens with zero attached hydrogens (tertiary/aromatic N) is 1. The van der Waals surface area contributed by atoms with E-state index in [2.05, 4.69) is 0 Å². The minimum atomic E-state index is 0.0697. The fraction of sp³-hybridized carbons (Fsp3) is 0.571. The lowest BCUT2D eigenvalue weighted by atomic mass is 10.3. The molecule has 0 aliphatic heterocycles. The Morgan fingerprint density at radius 1 is 1.36 bits per heavy atom. The van der Waals surface area contributed by atoms with Crippen LogP contribution in [0, 0.1) is 16.2 Å². The zero-order valence-electron chi connectivity index (χ0n) is 7.10. The van der Waals surface area contributed by atoms with Crippen molar-refractivity contribution in [2.75, 3.05) is 0 Å². The summed E-state index contributed by atoms with van der Waals surface area (Å²) < 4.78 is 0. The Morgan fingerprint density at radius 3 is 1.91 bits per heavy atom. The lowest BCUT2D eigenvalue weighted by Crippen LogP contribution is -2.38. The molecule has 0 saturated carbocycles. The van der Waals surface area contributed by atoms with Gasteiger partial charge in [-0.05, 0) is 20.8 Å². The molecule has 0 aromatic heterocycles. The highest BCUT2D eigenvalue weighted by molar-refractivity contribution is 6.39. The van der Waals surface area contributed by atoms with Gasteiger partial charge in [-0.15, -0.1) is 0 Å². The van der Waals surface area contributed by atoms with Gasteiger partial charge in [-0.1, -0.05) is 0 Å². The van der Waals surface area contributed by atoms with E-state index in [9.17, 15) is 0 Å². The number of amidine groups is 1. The molecule has 0 aliphatic rings. The molecule has 0 aromatic carbocycles. The van der Waals surface area contributed by atoms with Crippen LogP contribution in [0.15, 0.2) is 0 Å². The van der Waals surface area contributed by atoms with Gasteiger partial charge in [-0.2, -0.15) is 0 Å². The molecule has 0 amide bonds. The third-order valence-electron chi connectivity index (χ3n) is 1.31. The molecular weight excluding hydrogens is 140 g/mol. The monoisotopic (exact) mass is 154 g/mol. The van der Waals surface area contributed by atoms with Gasteiger partial charge in [0.1, 0.15) is 5.84 Å². The largest absolute Gasteiger partial charge is 0.314 e. The zero-order valence-corrected chi connectivity index (χ0v) is 7.10. The molecule has 62 valence electrons. The van der Waals surface area contributed by atoms with Gasteiger partial charge < -0.3 is 10.3 Å². The van der Waals surface area contributed by atoms with E-state index in [-0.39, 0.29) is 17.6 Å². The summed E-state index contributed by atoms with van der Waals surface area (Å²) in [6.45, 7) is 5.30. The van der Waals surface area contributed by atoms with E-state index < -0.39 is 0 Å². The molecule has 0 spiro atoms. The van der Waals surface area contributed by atoms with Crippen molar-refractivity contribution in [1.82, 2.24) is 4.90 Å². The predicted octanol–water partition coefficient (Wildman–Crippen LogP) is 1.32. The first-order chi connectivity index (χ1) is 5.00. The highest BCUT2D eigenvalue weighted by Gasteiger charge is 2.11. The first-order valence-electron chi connectivity index (χ1n) is 3.43. The highest BCUT2D eigenvalue weighted by atomic mass is 15.2. The van der Waals surface area contributed by atoms with Crippen LogP contribution in [0.5, 0.6) is 0 Å². The minimum Gasteiger partial charge on any atom is -0.314 e. The fourth-order valence-corrected chi connectivity index (χ4v) is 0.665. The third kappa shape index (κ3) is 2.49. The maximum atomic E-state index is 7.38. The molecule has 0 unspecified atom stereocenters. The number of hydrogen-bond donors (Lipinski definition) is 3. The van der Waals surface area contributed by atoms with Gasteiger partial charge in [0.15, 0.2) is 0 Å². The Kier molecular flexibility index (Phi) is 3.44. The molecule has 0 atom stereocenters. The van der Waals surface area contributed by atoms with Crippen molar-refractivity contribution in [2.45, 2.75) is 26.8 Å². The van der Waals surface area contributed by atoms with Gasteiger partial charge in [0.25, 0.3) is 0 Å². The van der Waals surface area contributed by atoms with Gasteiger partial charge in [0, 0.05) is 6.04 Å². The van der Waals surface area contributed by atoms with Gasteiger partial charge in [-0.25, -0.2) is 0 Å². The van der Waals surface area contributed by atoms with Crippen molar-refractivity contribution in [2.24, 2.45) is 0 Å². The minimum absolute atomic E-state index is 0.0697. The Balaban J connectivity index is 4.39. The highest BCUT2D eigenvalue weighted by Crippen LogP contribution is 1.95. The fourth-order valence-electron chi connectivity index (χ4n) is 0.665. The van der Waals surface area contributed by atoms with E-state index >= 15 is 0 Å². The van der Waals surface area contributed by atoms with Crippen LogP contribution in [0.1, 0.15) is 20.8 Å². The second-order valence-corrected chi connectivity index (χ2v) is 2.60. The molecular formula is C7H14N4. The normalized spacial score (nSPS) is 9.45. The van der Waals surface area contributed by atoms with Gasteiger partial charge in [-0.3, -0.25) is 10.8 Å². The molecule has 0 saturated heterocycles. The Bertz CT molecular complexity index is 183. The van der Waals surface area contributed by atoms with Crippen molar-refractivity contribution >= 4 is 17.9 Å². The second kappa shape index (κ2) is 3.85. The first-order valence-corrected chi connectivity index (χ1v) is 3.43. The van der Waals surface area contributed by atoms with E-state index in [1.165, 1.54) is 4.90 Å². The zero-order chi connectivity index (χ0) is 9.02. The van der Waals surface area contributed by atoms with Crippen LogP contribution in [0.3, 0.4) is 0 Å². The Hall–Kier alpha value is -1.19. The van der Waals surface area contributed by atoms with Crippen LogP contribution >= 0.6 is 0 Å². The maximum absolute atomic E-state index is 7.38. The lowest BCUT2D eigenvalue weighted by Gasteiger charge is -2.22. The van der Waals surface area contributed by atoms with Crippen LogP contribution in [0.2, 0.25) is 0 Å². The molecule has 0 aromatic rings. The summed E-state index contributed by atoms with van der Waals surface area (Å²) in [4.78, 5) is 1.43. The van der Waals surface area contributed by atoms with Gasteiger partial charge >= 0.3 is 0 Å². The molecule has 0 radical (unpaired) electrons. The van der Waals surface area contributed by atoms with Crippen LogP contribution < -0.4 is 0 Å². The summed E-state index contributed by atoms with van der Waals surface area (Å²) in [7, 11) is 0. The van der Waals surface area contributed by atoms with E-state index in [1.54, 1.807) is 6.92 Å². The van der Waals surface area contributed by atoms with Crippen LogP contribution in [-0.4, -0.2) is 28.8 Å². The van der Waals surface area contributed by atoms with Crippen molar-refractivity contribution in [3.63, 3.8) is 0 Å². The average Bonchev–Trinajstić information content (AvgIpc) is 1.88. The van der Waals surface area contributed by atoms with Crippen LogP contribution in [-0.2, 0) is 0 Å². The quantitative estimate of drug-likeness (QED) is 0.416. The molecule has 3 N–H and O–H groups in total. The third-order valence-corrected chi connectivity index (χ3v) is 1.31. The predicted molar refractivity (Wildman–Crippen MR) is 46.9 cm³/mol. The number of nitrogens with one attached hydrogen (secondary N) is 3. The van der Waals surface area contributed by atoms with Crippen molar-refractivity contribution in [3.05, 3.63) is 0 Å². The lowest BCUT2D eigenvalue weighted by molar-refractivity contribution is 0.512. The molecule has 4 heteroatoms. The van der Waals surface area contributed by atoms with Crippen molar-refractivity contribution < 1.29 is 0 Å². The summed E-state index contributed by atoms with van der Waals surface area (Å²) in [5.41, 5.74) is 0.183.